The summed E-state index contributed by atoms with van der Waals surface area (Å²) < 4.78 is 5.30. The molecule has 1 aromatic rings. The van der Waals surface area contributed by atoms with Crippen LogP contribution in [0.3, 0.4) is 0 Å². The topological polar surface area (TPSA) is 25.4 Å². The van der Waals surface area contributed by atoms with Gasteiger partial charge in [0.05, 0.1) is 12.8 Å². The van der Waals surface area contributed by atoms with E-state index in [1.807, 2.05) is 18.3 Å². The molecular weight excluding hydrogens is 188 g/mol. The average molecular weight is 206 g/mol. The Kier molecular flexibility index (Phi) is 3.56. The molecule has 15 heavy (non-hydrogen) atoms. The molecule has 0 aliphatic carbocycles. The third-order valence-corrected chi connectivity index (χ3v) is 2.89. The van der Waals surface area contributed by atoms with Crippen LogP contribution in [0.2, 0.25) is 0 Å². The molecule has 0 unspecified atom stereocenters. The molecule has 82 valence electrons. The first-order valence-corrected chi connectivity index (χ1v) is 5.60. The van der Waals surface area contributed by atoms with Gasteiger partial charge in [-0.05, 0) is 38.1 Å². The van der Waals surface area contributed by atoms with Crippen molar-refractivity contribution in [3.63, 3.8) is 0 Å². The number of likely N-dealkylation sites (tertiary alicyclic amines) is 1. The van der Waals surface area contributed by atoms with Gasteiger partial charge in [-0.15, -0.1) is 0 Å². The van der Waals surface area contributed by atoms with Crippen molar-refractivity contribution in [1.29, 1.82) is 0 Å². The third kappa shape index (κ3) is 2.69. The highest BCUT2D eigenvalue weighted by molar-refractivity contribution is 5.26. The SMILES string of the molecule is COc1cccnc1CN1CCCCC1. The molecule has 3 heteroatoms. The van der Waals surface area contributed by atoms with E-state index in [-0.39, 0.29) is 0 Å². The van der Waals surface area contributed by atoms with Crippen LogP contribution in [0.1, 0.15) is 25.0 Å². The zero-order valence-electron chi connectivity index (χ0n) is 9.28. The Hall–Kier alpha value is -1.09. The fourth-order valence-electron chi connectivity index (χ4n) is 2.06. The van der Waals surface area contributed by atoms with Crippen molar-refractivity contribution in [2.45, 2.75) is 25.8 Å². The Bertz CT molecular complexity index is 308. The number of aromatic nitrogens is 1. The number of nitrogens with zero attached hydrogens (tertiary/aromatic N) is 2. The Morgan fingerprint density at radius 2 is 2.13 bits per heavy atom. The summed E-state index contributed by atoms with van der Waals surface area (Å²) in [5.41, 5.74) is 1.06. The molecule has 1 fully saturated rings. The minimum absolute atomic E-state index is 0.906. The van der Waals surface area contributed by atoms with Crippen LogP contribution in [0.4, 0.5) is 0 Å². The summed E-state index contributed by atoms with van der Waals surface area (Å²) in [5, 5.41) is 0. The van der Waals surface area contributed by atoms with E-state index in [4.69, 9.17) is 4.74 Å². The van der Waals surface area contributed by atoms with E-state index in [0.717, 1.165) is 18.0 Å². The van der Waals surface area contributed by atoms with Gasteiger partial charge in [-0.2, -0.15) is 0 Å². The summed E-state index contributed by atoms with van der Waals surface area (Å²) in [7, 11) is 1.71. The lowest BCUT2D eigenvalue weighted by Crippen LogP contribution is -2.29. The van der Waals surface area contributed by atoms with Crippen molar-refractivity contribution in [3.8, 4) is 5.75 Å². The highest BCUT2D eigenvalue weighted by atomic mass is 16.5. The summed E-state index contributed by atoms with van der Waals surface area (Å²) >= 11 is 0. The molecule has 1 aliphatic heterocycles. The monoisotopic (exact) mass is 206 g/mol. The number of ether oxygens (including phenoxy) is 1. The summed E-state index contributed by atoms with van der Waals surface area (Å²) in [6, 6.07) is 3.89. The van der Waals surface area contributed by atoms with Crippen LogP contribution in [0, 0.1) is 0 Å². The highest BCUT2D eigenvalue weighted by Gasteiger charge is 2.13. The van der Waals surface area contributed by atoms with Gasteiger partial charge < -0.3 is 4.74 Å². The maximum atomic E-state index is 5.30. The van der Waals surface area contributed by atoms with Crippen molar-refractivity contribution in [1.82, 2.24) is 9.88 Å². The Labute approximate surface area is 91.1 Å². The number of hydrogen-bond donors (Lipinski definition) is 0. The summed E-state index contributed by atoms with van der Waals surface area (Å²) in [5.74, 6) is 0.906. The molecule has 0 N–H and O–H groups in total. The molecule has 0 bridgehead atoms. The van der Waals surface area contributed by atoms with Crippen LogP contribution in [0.25, 0.3) is 0 Å². The first kappa shape index (κ1) is 10.4. The van der Waals surface area contributed by atoms with E-state index in [1.54, 1.807) is 7.11 Å². The fourth-order valence-corrected chi connectivity index (χ4v) is 2.06. The van der Waals surface area contributed by atoms with Crippen LogP contribution in [-0.2, 0) is 6.54 Å². The molecule has 0 saturated carbocycles. The normalized spacial score (nSPS) is 17.7. The van der Waals surface area contributed by atoms with Crippen molar-refractivity contribution in [3.05, 3.63) is 24.0 Å². The maximum absolute atomic E-state index is 5.30. The lowest BCUT2D eigenvalue weighted by atomic mass is 10.1. The van der Waals surface area contributed by atoms with E-state index in [9.17, 15) is 0 Å². The van der Waals surface area contributed by atoms with Gasteiger partial charge in [0, 0.05) is 12.7 Å². The average Bonchev–Trinajstić information content (AvgIpc) is 2.31. The van der Waals surface area contributed by atoms with Gasteiger partial charge in [0.2, 0.25) is 0 Å². The van der Waals surface area contributed by atoms with Crippen LogP contribution >= 0.6 is 0 Å². The van der Waals surface area contributed by atoms with Crippen LogP contribution in [0.5, 0.6) is 5.75 Å². The predicted molar refractivity (Wildman–Crippen MR) is 59.9 cm³/mol. The van der Waals surface area contributed by atoms with Crippen LogP contribution < -0.4 is 4.74 Å². The van der Waals surface area contributed by atoms with Crippen molar-refractivity contribution < 1.29 is 4.74 Å². The summed E-state index contributed by atoms with van der Waals surface area (Å²) in [6.45, 7) is 3.31. The molecule has 0 amide bonds. The van der Waals surface area contributed by atoms with Gasteiger partial charge in [0.15, 0.2) is 0 Å². The molecule has 1 aliphatic rings. The summed E-state index contributed by atoms with van der Waals surface area (Å²) in [6.07, 6.45) is 5.84. The van der Waals surface area contributed by atoms with E-state index in [2.05, 4.69) is 9.88 Å². The largest absolute Gasteiger partial charge is 0.495 e. The molecule has 2 rings (SSSR count). The van der Waals surface area contributed by atoms with Crippen molar-refractivity contribution >= 4 is 0 Å². The zero-order valence-corrected chi connectivity index (χ0v) is 9.28. The smallest absolute Gasteiger partial charge is 0.141 e. The number of piperidine rings is 1. The minimum atomic E-state index is 0.906. The lowest BCUT2D eigenvalue weighted by molar-refractivity contribution is 0.215. The fraction of sp³-hybridized carbons (Fsp3) is 0.583. The van der Waals surface area contributed by atoms with E-state index in [0.29, 0.717) is 0 Å². The summed E-state index contributed by atoms with van der Waals surface area (Å²) in [4.78, 5) is 6.83. The third-order valence-electron chi connectivity index (χ3n) is 2.89. The molecule has 0 radical (unpaired) electrons. The number of methoxy groups -OCH3 is 1. The molecule has 0 atom stereocenters. The van der Waals surface area contributed by atoms with E-state index in [1.165, 1.54) is 32.4 Å². The van der Waals surface area contributed by atoms with Gasteiger partial charge >= 0.3 is 0 Å². The molecule has 3 nitrogen and oxygen atoms in total. The Balaban J connectivity index is 2.02. The van der Waals surface area contributed by atoms with E-state index < -0.39 is 0 Å². The van der Waals surface area contributed by atoms with Crippen LogP contribution in [0.15, 0.2) is 18.3 Å². The lowest BCUT2D eigenvalue weighted by Gasteiger charge is -2.26. The van der Waals surface area contributed by atoms with Gasteiger partial charge in [0.1, 0.15) is 5.75 Å². The second-order valence-corrected chi connectivity index (χ2v) is 3.99. The highest BCUT2D eigenvalue weighted by Crippen LogP contribution is 2.18. The molecule has 0 aromatic carbocycles. The minimum Gasteiger partial charge on any atom is -0.495 e. The Morgan fingerprint density at radius 3 is 2.87 bits per heavy atom. The molecule has 1 aromatic heterocycles. The first-order chi connectivity index (χ1) is 7.40. The molecule has 1 saturated heterocycles. The predicted octanol–water partition coefficient (Wildman–Crippen LogP) is 2.08. The van der Waals surface area contributed by atoms with Crippen molar-refractivity contribution in [2.75, 3.05) is 20.2 Å². The quantitative estimate of drug-likeness (QED) is 0.757. The van der Waals surface area contributed by atoms with Gasteiger partial charge in [0.25, 0.3) is 0 Å². The van der Waals surface area contributed by atoms with Crippen LogP contribution in [-0.4, -0.2) is 30.1 Å². The van der Waals surface area contributed by atoms with Gasteiger partial charge in [-0.25, -0.2) is 0 Å². The zero-order chi connectivity index (χ0) is 10.5. The number of rotatable bonds is 3. The number of hydrogen-bond acceptors (Lipinski definition) is 3. The second kappa shape index (κ2) is 5.12. The molecular formula is C12H18N2O. The first-order valence-electron chi connectivity index (χ1n) is 5.60. The maximum Gasteiger partial charge on any atom is 0.141 e. The Morgan fingerprint density at radius 1 is 1.33 bits per heavy atom. The second-order valence-electron chi connectivity index (χ2n) is 3.99. The molecule has 2 heterocycles. The standard InChI is InChI=1S/C12H18N2O/c1-15-12-6-5-7-13-11(12)10-14-8-3-2-4-9-14/h5-7H,2-4,8-10H2,1H3. The van der Waals surface area contributed by atoms with E-state index >= 15 is 0 Å². The molecule has 0 spiro atoms. The van der Waals surface area contributed by atoms with Crippen molar-refractivity contribution in [2.24, 2.45) is 0 Å². The van der Waals surface area contributed by atoms with Gasteiger partial charge in [-0.1, -0.05) is 6.42 Å². The number of pyridine rings is 1. The van der Waals surface area contributed by atoms with Gasteiger partial charge in [-0.3, -0.25) is 9.88 Å².